The Kier molecular flexibility index (Phi) is 5.67. The molecular weight excluding hydrogens is 390 g/mol. The summed E-state index contributed by atoms with van der Waals surface area (Å²) >= 11 is 2.07. The lowest BCUT2D eigenvalue weighted by molar-refractivity contribution is -0.117. The fourth-order valence-corrected chi connectivity index (χ4v) is 2.07. The first-order valence-corrected chi connectivity index (χ1v) is 7.50. The van der Waals surface area contributed by atoms with Crippen LogP contribution in [-0.2, 0) is 11.2 Å². The molecule has 0 fully saturated rings. The quantitative estimate of drug-likeness (QED) is 0.589. The smallest absolute Gasteiger partial charge is 0.270 e. The van der Waals surface area contributed by atoms with E-state index in [4.69, 9.17) is 0 Å². The van der Waals surface area contributed by atoms with Crippen molar-refractivity contribution >= 4 is 28.5 Å². The van der Waals surface area contributed by atoms with Crippen LogP contribution in [0.5, 0.6) is 0 Å². The number of nitrogens with one attached hydrogen (secondary N) is 3. The van der Waals surface area contributed by atoms with Gasteiger partial charge in [-0.15, -0.1) is 10.6 Å². The molecule has 0 spiro atoms. The van der Waals surface area contributed by atoms with Crippen LogP contribution in [0.1, 0.15) is 12.1 Å². The van der Waals surface area contributed by atoms with Gasteiger partial charge >= 0.3 is 0 Å². The van der Waals surface area contributed by atoms with Gasteiger partial charge in [-0.2, -0.15) is 5.10 Å². The molecule has 1 aliphatic heterocycles. The van der Waals surface area contributed by atoms with Crippen molar-refractivity contribution in [3.8, 4) is 0 Å². The van der Waals surface area contributed by atoms with Gasteiger partial charge in [0.05, 0.1) is 12.2 Å². The number of halogens is 2. The van der Waals surface area contributed by atoms with Crippen LogP contribution >= 0.6 is 22.6 Å². The zero-order valence-electron chi connectivity index (χ0n) is 11.4. The molecule has 1 amide bonds. The average Bonchev–Trinajstić information content (AvgIpc) is 2.94. The number of hydrogen-bond donors (Lipinski definition) is 3. The minimum absolute atomic E-state index is 0.144. The van der Waals surface area contributed by atoms with Gasteiger partial charge in [-0.05, 0) is 47.6 Å². The number of amides is 1. The summed E-state index contributed by atoms with van der Waals surface area (Å²) in [4.78, 5) is 11.4. The molecule has 0 radical (unpaired) electrons. The van der Waals surface area contributed by atoms with Gasteiger partial charge in [-0.25, -0.2) is 4.39 Å². The SMILES string of the molecule is CNC(=O)C1=CN(C[C@H](F)CCc2ccc(I)nn2)NN1. The minimum Gasteiger partial charge on any atom is -0.354 e. The number of hydrogen-bond acceptors (Lipinski definition) is 6. The lowest BCUT2D eigenvalue weighted by Gasteiger charge is -2.17. The van der Waals surface area contributed by atoms with E-state index in [-0.39, 0.29) is 12.5 Å². The number of carbonyl (C=O) groups is 1. The molecule has 21 heavy (non-hydrogen) atoms. The number of alkyl halides is 1. The second-order valence-electron chi connectivity index (χ2n) is 4.49. The van der Waals surface area contributed by atoms with Crippen LogP contribution in [0.3, 0.4) is 0 Å². The summed E-state index contributed by atoms with van der Waals surface area (Å²) in [6, 6.07) is 3.70. The zero-order valence-corrected chi connectivity index (χ0v) is 13.6. The topological polar surface area (TPSA) is 82.2 Å². The van der Waals surface area contributed by atoms with E-state index in [0.29, 0.717) is 18.5 Å². The third-order valence-corrected chi connectivity index (χ3v) is 3.46. The van der Waals surface area contributed by atoms with Crippen molar-refractivity contribution in [3.05, 3.63) is 33.4 Å². The second-order valence-corrected chi connectivity index (χ2v) is 5.60. The molecule has 2 rings (SSSR count). The number of likely N-dealkylation sites (N-methyl/N-ethyl adjacent to an activating group) is 1. The predicted molar refractivity (Wildman–Crippen MR) is 83.1 cm³/mol. The van der Waals surface area contributed by atoms with Gasteiger partial charge in [0.2, 0.25) is 0 Å². The second kappa shape index (κ2) is 7.50. The standard InChI is InChI=1S/C12H16FIN6O/c1-15-12(21)10-7-20(19-17-10)6-8(13)2-3-9-4-5-11(14)18-16-9/h4-5,7-8,17,19H,2-3,6H2,1H3,(H,15,21)/t8-/m1/s1. The van der Waals surface area contributed by atoms with Gasteiger partial charge in [-0.3, -0.25) is 15.2 Å². The maximum Gasteiger partial charge on any atom is 0.270 e. The van der Waals surface area contributed by atoms with Crippen LogP contribution in [-0.4, -0.2) is 40.9 Å². The van der Waals surface area contributed by atoms with E-state index in [1.165, 1.54) is 18.3 Å². The Morgan fingerprint density at radius 3 is 3.00 bits per heavy atom. The molecule has 0 unspecified atom stereocenters. The van der Waals surface area contributed by atoms with Gasteiger partial charge < -0.3 is 5.32 Å². The fraction of sp³-hybridized carbons (Fsp3) is 0.417. The summed E-state index contributed by atoms with van der Waals surface area (Å²) in [5, 5.41) is 11.9. The van der Waals surface area contributed by atoms with Crippen LogP contribution in [0, 0.1) is 3.70 Å². The molecule has 0 aliphatic carbocycles. The van der Waals surface area contributed by atoms with E-state index in [1.54, 1.807) is 0 Å². The number of aromatic nitrogens is 2. The fourth-order valence-electron chi connectivity index (χ4n) is 1.79. The monoisotopic (exact) mass is 406 g/mol. The maximum absolute atomic E-state index is 13.9. The molecular formula is C12H16FIN6O. The van der Waals surface area contributed by atoms with Gasteiger partial charge in [0, 0.05) is 13.2 Å². The molecule has 0 bridgehead atoms. The molecule has 1 atom stereocenters. The van der Waals surface area contributed by atoms with Gasteiger partial charge in [0.1, 0.15) is 15.6 Å². The highest BCUT2D eigenvalue weighted by Crippen LogP contribution is 2.09. The lowest BCUT2D eigenvalue weighted by atomic mass is 10.1. The van der Waals surface area contributed by atoms with Crippen molar-refractivity contribution in [1.82, 2.24) is 31.5 Å². The van der Waals surface area contributed by atoms with Crippen LogP contribution in [0.25, 0.3) is 0 Å². The Morgan fingerprint density at radius 2 is 2.33 bits per heavy atom. The Bertz CT molecular complexity index is 523. The molecule has 2 heterocycles. The van der Waals surface area contributed by atoms with E-state index in [1.807, 2.05) is 12.1 Å². The van der Waals surface area contributed by atoms with Gasteiger partial charge in [0.25, 0.3) is 5.91 Å². The number of rotatable bonds is 6. The predicted octanol–water partition coefficient (Wildman–Crippen LogP) is 0.264. The first-order valence-electron chi connectivity index (χ1n) is 6.43. The highest BCUT2D eigenvalue weighted by atomic mass is 127. The van der Waals surface area contributed by atoms with Crippen molar-refractivity contribution in [2.24, 2.45) is 0 Å². The van der Waals surface area contributed by atoms with Crippen molar-refractivity contribution < 1.29 is 9.18 Å². The first kappa shape index (κ1) is 15.9. The third kappa shape index (κ3) is 4.77. The Balaban J connectivity index is 1.77. The Hall–Kier alpha value is -1.49. The highest BCUT2D eigenvalue weighted by molar-refractivity contribution is 14.1. The van der Waals surface area contributed by atoms with Crippen LogP contribution in [0.2, 0.25) is 0 Å². The summed E-state index contributed by atoms with van der Waals surface area (Å²) in [6.45, 7) is 0.144. The maximum atomic E-state index is 13.9. The van der Waals surface area contributed by atoms with E-state index < -0.39 is 6.17 Å². The lowest BCUT2D eigenvalue weighted by Crippen LogP contribution is -2.41. The minimum atomic E-state index is -1.04. The molecule has 1 aliphatic rings. The Morgan fingerprint density at radius 1 is 1.52 bits per heavy atom. The summed E-state index contributed by atoms with van der Waals surface area (Å²) in [5.74, 6) is -0.255. The summed E-state index contributed by atoms with van der Waals surface area (Å²) < 4.78 is 14.8. The van der Waals surface area contributed by atoms with E-state index in [0.717, 1.165) is 9.39 Å². The van der Waals surface area contributed by atoms with Crippen molar-refractivity contribution in [3.63, 3.8) is 0 Å². The largest absolute Gasteiger partial charge is 0.354 e. The number of aryl methyl sites for hydroxylation is 1. The summed E-state index contributed by atoms with van der Waals surface area (Å²) in [5.41, 5.74) is 6.52. The highest BCUT2D eigenvalue weighted by Gasteiger charge is 2.19. The Labute approximate surface area is 135 Å². The van der Waals surface area contributed by atoms with Crippen LogP contribution in [0.15, 0.2) is 24.0 Å². The third-order valence-electron chi connectivity index (χ3n) is 2.89. The van der Waals surface area contributed by atoms with Crippen LogP contribution < -0.4 is 16.3 Å². The van der Waals surface area contributed by atoms with Crippen molar-refractivity contribution in [1.29, 1.82) is 0 Å². The van der Waals surface area contributed by atoms with Gasteiger partial charge in [0.15, 0.2) is 0 Å². The normalized spacial score (nSPS) is 15.4. The number of hydrazine groups is 2. The average molecular weight is 406 g/mol. The van der Waals surface area contributed by atoms with Crippen LogP contribution in [0.4, 0.5) is 4.39 Å². The van der Waals surface area contributed by atoms with E-state index >= 15 is 0 Å². The molecule has 3 N–H and O–H groups in total. The molecule has 0 saturated carbocycles. The molecule has 0 aromatic carbocycles. The molecule has 1 aromatic heterocycles. The number of carbonyl (C=O) groups excluding carboxylic acids is 1. The molecule has 7 nitrogen and oxygen atoms in total. The molecule has 0 saturated heterocycles. The zero-order chi connectivity index (χ0) is 15.2. The molecule has 1 aromatic rings. The summed E-state index contributed by atoms with van der Waals surface area (Å²) in [7, 11) is 1.54. The molecule has 9 heteroatoms. The van der Waals surface area contributed by atoms with Gasteiger partial charge in [-0.1, -0.05) is 0 Å². The first-order chi connectivity index (χ1) is 10.1. The van der Waals surface area contributed by atoms with Crippen molar-refractivity contribution in [2.45, 2.75) is 19.0 Å². The van der Waals surface area contributed by atoms with E-state index in [9.17, 15) is 9.18 Å². The van der Waals surface area contributed by atoms with E-state index in [2.05, 4.69) is 49.1 Å². The molecule has 114 valence electrons. The van der Waals surface area contributed by atoms with Crippen molar-refractivity contribution in [2.75, 3.05) is 13.6 Å². The summed E-state index contributed by atoms with van der Waals surface area (Å²) in [6.07, 6.45) is 1.37. The number of nitrogens with zero attached hydrogens (tertiary/aromatic N) is 3.